The molecule has 6 nitrogen and oxygen atoms in total. The molecule has 2 aromatic carbocycles. The molecule has 2 aromatic heterocycles. The Morgan fingerprint density at radius 2 is 1.97 bits per heavy atom. The minimum absolute atomic E-state index is 0.0130. The second kappa shape index (κ2) is 8.13. The molecule has 2 amide bonds. The fraction of sp³-hybridized carbons (Fsp3) is 0.136. The lowest BCUT2D eigenvalue weighted by molar-refractivity contribution is 0.0996. The van der Waals surface area contributed by atoms with Crippen molar-refractivity contribution in [1.82, 2.24) is 9.78 Å². The predicted molar refractivity (Wildman–Crippen MR) is 121 cm³/mol. The number of nitrogens with zero attached hydrogens (tertiary/aromatic N) is 2. The molecule has 4 aromatic rings. The Balaban J connectivity index is 1.66. The van der Waals surface area contributed by atoms with Gasteiger partial charge in [0.15, 0.2) is 0 Å². The number of thiophene rings is 1. The van der Waals surface area contributed by atoms with Gasteiger partial charge < -0.3 is 11.1 Å². The highest BCUT2D eigenvalue weighted by molar-refractivity contribution is 7.20. The van der Waals surface area contributed by atoms with Crippen LogP contribution in [0, 0.1) is 19.7 Å². The van der Waals surface area contributed by atoms with E-state index in [0.29, 0.717) is 16.4 Å². The second-order valence-electron chi connectivity index (χ2n) is 7.11. The van der Waals surface area contributed by atoms with Gasteiger partial charge in [0.1, 0.15) is 10.6 Å². The summed E-state index contributed by atoms with van der Waals surface area (Å²) in [6, 6.07) is 11.7. The number of hydrogen-bond donors (Lipinski definition) is 2. The van der Waals surface area contributed by atoms with Gasteiger partial charge in [-0.3, -0.25) is 14.3 Å². The quantitative estimate of drug-likeness (QED) is 0.447. The van der Waals surface area contributed by atoms with E-state index < -0.39 is 17.6 Å². The van der Waals surface area contributed by atoms with Gasteiger partial charge in [-0.2, -0.15) is 5.10 Å². The molecular weight excluding hydrogens is 439 g/mol. The zero-order valence-corrected chi connectivity index (χ0v) is 18.3. The van der Waals surface area contributed by atoms with Crippen LogP contribution in [0.1, 0.15) is 36.9 Å². The average Bonchev–Trinajstić information content (AvgIpc) is 3.28. The maximum atomic E-state index is 14.1. The Morgan fingerprint density at radius 1 is 1.23 bits per heavy atom. The van der Waals surface area contributed by atoms with E-state index >= 15 is 0 Å². The van der Waals surface area contributed by atoms with Crippen molar-refractivity contribution in [1.29, 1.82) is 0 Å². The summed E-state index contributed by atoms with van der Waals surface area (Å²) in [6.45, 7) is 3.86. The van der Waals surface area contributed by atoms with E-state index in [1.807, 2.05) is 35.9 Å². The molecule has 0 saturated heterocycles. The topological polar surface area (TPSA) is 90.0 Å². The van der Waals surface area contributed by atoms with Crippen molar-refractivity contribution in [2.45, 2.75) is 20.4 Å². The van der Waals surface area contributed by atoms with E-state index in [1.165, 1.54) is 24.3 Å². The maximum Gasteiger partial charge on any atom is 0.265 e. The monoisotopic (exact) mass is 456 g/mol. The maximum absolute atomic E-state index is 14.1. The first-order valence-corrected chi connectivity index (χ1v) is 10.6. The van der Waals surface area contributed by atoms with Gasteiger partial charge in [0.25, 0.3) is 5.91 Å². The molecule has 0 aliphatic rings. The van der Waals surface area contributed by atoms with Crippen molar-refractivity contribution in [3.8, 4) is 0 Å². The number of rotatable bonds is 5. The molecule has 0 aliphatic carbocycles. The normalized spacial score (nSPS) is 11.1. The Hall–Kier alpha value is -3.23. The van der Waals surface area contributed by atoms with Crippen LogP contribution in [0.4, 0.5) is 10.1 Å². The lowest BCUT2D eigenvalue weighted by atomic mass is 10.1. The van der Waals surface area contributed by atoms with E-state index in [0.717, 1.165) is 27.5 Å². The van der Waals surface area contributed by atoms with Crippen molar-refractivity contribution in [3.05, 3.63) is 80.6 Å². The standard InChI is InChI=1S/C22H18ClFN4O2S/c1-11-17(24)7-14(20(25)29)8-18(11)26-21(30)19-9-15-12(2)27-28(22(15)31-19)10-13-5-3-4-6-16(13)23/h3-9H,10H2,1-2H3,(H2,25,29)(H,26,30). The lowest BCUT2D eigenvalue weighted by Crippen LogP contribution is -2.15. The molecular formula is C22H18ClFN4O2S. The molecule has 0 fully saturated rings. The van der Waals surface area contributed by atoms with Gasteiger partial charge in [0, 0.05) is 27.2 Å². The highest BCUT2D eigenvalue weighted by Crippen LogP contribution is 2.31. The van der Waals surface area contributed by atoms with Crippen LogP contribution in [0.5, 0.6) is 0 Å². The highest BCUT2D eigenvalue weighted by atomic mass is 35.5. The minimum Gasteiger partial charge on any atom is -0.366 e. The summed E-state index contributed by atoms with van der Waals surface area (Å²) in [6.07, 6.45) is 0. The molecule has 9 heteroatoms. The zero-order chi connectivity index (χ0) is 22.3. The molecule has 2 heterocycles. The second-order valence-corrected chi connectivity index (χ2v) is 8.55. The van der Waals surface area contributed by atoms with Crippen LogP contribution in [0.3, 0.4) is 0 Å². The number of carbonyl (C=O) groups is 2. The number of benzene rings is 2. The fourth-order valence-corrected chi connectivity index (χ4v) is 4.51. The average molecular weight is 457 g/mol. The number of aromatic nitrogens is 2. The largest absolute Gasteiger partial charge is 0.366 e. The summed E-state index contributed by atoms with van der Waals surface area (Å²) in [5.41, 5.74) is 7.37. The Bertz CT molecular complexity index is 1350. The third kappa shape index (κ3) is 4.04. The molecule has 4 rings (SSSR count). The first kappa shape index (κ1) is 21.0. The fourth-order valence-electron chi connectivity index (χ4n) is 3.25. The van der Waals surface area contributed by atoms with Gasteiger partial charge in [0.2, 0.25) is 5.91 Å². The minimum atomic E-state index is -0.772. The lowest BCUT2D eigenvalue weighted by Gasteiger charge is -2.10. The first-order chi connectivity index (χ1) is 14.7. The van der Waals surface area contributed by atoms with Gasteiger partial charge in [-0.15, -0.1) is 11.3 Å². The number of aryl methyl sites for hydroxylation is 1. The van der Waals surface area contributed by atoms with Gasteiger partial charge in [0.05, 0.1) is 17.1 Å². The van der Waals surface area contributed by atoms with Crippen LogP contribution in [0.2, 0.25) is 5.02 Å². The summed E-state index contributed by atoms with van der Waals surface area (Å²) >= 11 is 7.55. The van der Waals surface area contributed by atoms with Crippen molar-refractivity contribution in [2.75, 3.05) is 5.32 Å². The number of hydrogen-bond acceptors (Lipinski definition) is 4. The molecule has 158 valence electrons. The first-order valence-electron chi connectivity index (χ1n) is 9.36. The Labute approximate surface area is 186 Å². The number of nitrogens with two attached hydrogens (primary N) is 1. The summed E-state index contributed by atoms with van der Waals surface area (Å²) in [5.74, 6) is -1.80. The summed E-state index contributed by atoms with van der Waals surface area (Å²) < 4.78 is 15.9. The van der Waals surface area contributed by atoms with Crippen LogP contribution in [-0.4, -0.2) is 21.6 Å². The van der Waals surface area contributed by atoms with Gasteiger partial charge in [-0.1, -0.05) is 29.8 Å². The number of nitrogens with one attached hydrogen (secondary N) is 1. The van der Waals surface area contributed by atoms with Crippen LogP contribution < -0.4 is 11.1 Å². The highest BCUT2D eigenvalue weighted by Gasteiger charge is 2.19. The molecule has 0 aliphatic heterocycles. The third-order valence-corrected chi connectivity index (χ3v) is 6.50. The van der Waals surface area contributed by atoms with Crippen LogP contribution in [0.15, 0.2) is 42.5 Å². The molecule has 31 heavy (non-hydrogen) atoms. The van der Waals surface area contributed by atoms with E-state index in [-0.39, 0.29) is 16.8 Å². The number of primary amides is 1. The number of halogens is 2. The molecule has 0 radical (unpaired) electrons. The smallest absolute Gasteiger partial charge is 0.265 e. The summed E-state index contributed by atoms with van der Waals surface area (Å²) in [4.78, 5) is 25.6. The molecule has 0 atom stereocenters. The van der Waals surface area contributed by atoms with Crippen molar-refractivity contribution < 1.29 is 14.0 Å². The number of anilines is 1. The zero-order valence-electron chi connectivity index (χ0n) is 16.7. The van der Waals surface area contributed by atoms with Crippen LogP contribution >= 0.6 is 22.9 Å². The van der Waals surface area contributed by atoms with E-state index in [9.17, 15) is 14.0 Å². The summed E-state index contributed by atoms with van der Waals surface area (Å²) in [5, 5.41) is 8.75. The Kier molecular flexibility index (Phi) is 5.51. The Morgan fingerprint density at radius 3 is 2.68 bits per heavy atom. The molecule has 3 N–H and O–H groups in total. The molecule has 0 unspecified atom stereocenters. The van der Waals surface area contributed by atoms with Crippen molar-refractivity contribution in [2.24, 2.45) is 5.73 Å². The van der Waals surface area contributed by atoms with E-state index in [4.69, 9.17) is 17.3 Å². The molecule has 0 saturated carbocycles. The van der Waals surface area contributed by atoms with Crippen LogP contribution in [-0.2, 0) is 6.54 Å². The predicted octanol–water partition coefficient (Wildman–Crippen LogP) is 4.91. The number of amides is 2. The SMILES string of the molecule is Cc1c(F)cc(C(N)=O)cc1NC(=O)c1cc2c(C)nn(Cc3ccccc3Cl)c2s1. The summed E-state index contributed by atoms with van der Waals surface area (Å²) in [7, 11) is 0. The number of carbonyl (C=O) groups excluding carboxylic acids is 2. The van der Waals surface area contributed by atoms with E-state index in [2.05, 4.69) is 10.4 Å². The molecule has 0 spiro atoms. The van der Waals surface area contributed by atoms with E-state index in [1.54, 1.807) is 6.07 Å². The van der Waals surface area contributed by atoms with Gasteiger partial charge in [-0.05, 0) is 43.7 Å². The van der Waals surface area contributed by atoms with Crippen molar-refractivity contribution in [3.63, 3.8) is 0 Å². The number of fused-ring (bicyclic) bond motifs is 1. The van der Waals surface area contributed by atoms with Crippen LogP contribution in [0.25, 0.3) is 10.2 Å². The van der Waals surface area contributed by atoms with Crippen molar-refractivity contribution >= 4 is 50.7 Å². The van der Waals surface area contributed by atoms with Gasteiger partial charge >= 0.3 is 0 Å². The molecule has 0 bridgehead atoms. The third-order valence-electron chi connectivity index (χ3n) is 4.99. The van der Waals surface area contributed by atoms with Gasteiger partial charge in [-0.25, -0.2) is 4.39 Å².